The zero-order valence-corrected chi connectivity index (χ0v) is 19.7. The standard InChI is InChI=1S/C23H37ClF3N3O2/c1-32-22(31)20-10-19-21(30(14-28-19)12-16-4-8-18(24)9-5-16)13-29(20)11-15-2-6-17(7-3-15)23(25,26)27/h15-21,28H,2-14H2,1H3/t15?,16?,17?,18?,19?,20-,21?/m1/s1. The Kier molecular flexibility index (Phi) is 7.95. The number of nitrogens with zero attached hydrogens (tertiary/aromatic N) is 2. The van der Waals surface area contributed by atoms with E-state index in [1.54, 1.807) is 0 Å². The third-order valence-corrected chi connectivity index (χ3v) is 8.81. The lowest BCUT2D eigenvalue weighted by atomic mass is 9.80. The second kappa shape index (κ2) is 10.4. The minimum absolute atomic E-state index is 0.202. The van der Waals surface area contributed by atoms with Crippen molar-refractivity contribution in [3.8, 4) is 0 Å². The Morgan fingerprint density at radius 2 is 1.59 bits per heavy atom. The molecule has 5 nitrogen and oxygen atoms in total. The van der Waals surface area contributed by atoms with Crippen LogP contribution in [0.2, 0.25) is 0 Å². The third-order valence-electron chi connectivity index (χ3n) is 8.37. The quantitative estimate of drug-likeness (QED) is 0.477. The average molecular weight is 480 g/mol. The van der Waals surface area contributed by atoms with E-state index in [9.17, 15) is 18.0 Å². The Hall–Kier alpha value is -0.570. The number of halogens is 4. The molecule has 4 aliphatic rings. The predicted molar refractivity (Wildman–Crippen MR) is 117 cm³/mol. The first-order valence-corrected chi connectivity index (χ1v) is 12.7. The maximum Gasteiger partial charge on any atom is 0.391 e. The lowest BCUT2D eigenvalue weighted by molar-refractivity contribution is -0.184. The summed E-state index contributed by atoms with van der Waals surface area (Å²) in [7, 11) is 1.42. The maximum atomic E-state index is 13.1. The van der Waals surface area contributed by atoms with Crippen molar-refractivity contribution in [1.82, 2.24) is 15.1 Å². The molecule has 2 unspecified atom stereocenters. The van der Waals surface area contributed by atoms with Crippen LogP contribution < -0.4 is 5.32 Å². The van der Waals surface area contributed by atoms with Crippen molar-refractivity contribution in [2.45, 2.75) is 87.5 Å². The fraction of sp³-hybridized carbons (Fsp3) is 0.957. The minimum Gasteiger partial charge on any atom is -0.468 e. The number of alkyl halides is 4. The van der Waals surface area contributed by atoms with Crippen molar-refractivity contribution >= 4 is 17.6 Å². The Balaban J connectivity index is 1.37. The molecular formula is C23H37ClF3N3O2. The topological polar surface area (TPSA) is 44.8 Å². The summed E-state index contributed by atoms with van der Waals surface area (Å²) < 4.78 is 44.3. The molecule has 2 saturated carbocycles. The van der Waals surface area contributed by atoms with Crippen molar-refractivity contribution < 1.29 is 22.7 Å². The second-order valence-electron chi connectivity index (χ2n) is 10.4. The molecule has 4 fully saturated rings. The van der Waals surface area contributed by atoms with Crippen molar-refractivity contribution in [2.24, 2.45) is 17.8 Å². The van der Waals surface area contributed by atoms with E-state index < -0.39 is 12.1 Å². The minimum atomic E-state index is -4.09. The highest BCUT2D eigenvalue weighted by atomic mass is 35.5. The highest BCUT2D eigenvalue weighted by Crippen LogP contribution is 2.40. The van der Waals surface area contributed by atoms with E-state index in [0.29, 0.717) is 43.1 Å². The van der Waals surface area contributed by atoms with Crippen molar-refractivity contribution in [1.29, 1.82) is 0 Å². The molecule has 0 amide bonds. The average Bonchev–Trinajstić information content (AvgIpc) is 3.15. The van der Waals surface area contributed by atoms with Crippen LogP contribution in [0.15, 0.2) is 0 Å². The number of carbonyl (C=O) groups excluding carboxylic acids is 1. The highest BCUT2D eigenvalue weighted by Gasteiger charge is 2.47. The van der Waals surface area contributed by atoms with Gasteiger partial charge in [-0.3, -0.25) is 19.9 Å². The van der Waals surface area contributed by atoms with E-state index in [4.69, 9.17) is 16.3 Å². The van der Waals surface area contributed by atoms with Gasteiger partial charge in [-0.05, 0) is 69.6 Å². The number of ether oxygens (including phenoxy) is 1. The molecule has 3 atom stereocenters. The summed E-state index contributed by atoms with van der Waals surface area (Å²) in [4.78, 5) is 17.3. The van der Waals surface area contributed by atoms with Gasteiger partial charge in [-0.15, -0.1) is 11.6 Å². The normalized spacial score (nSPS) is 39.6. The van der Waals surface area contributed by atoms with Crippen LogP contribution in [0.3, 0.4) is 0 Å². The smallest absolute Gasteiger partial charge is 0.391 e. The Bertz CT molecular complexity index is 636. The van der Waals surface area contributed by atoms with Crippen LogP contribution in [0.4, 0.5) is 13.2 Å². The summed E-state index contributed by atoms with van der Waals surface area (Å²) in [5.74, 6) is -0.527. The number of methoxy groups -OCH3 is 1. The van der Waals surface area contributed by atoms with Gasteiger partial charge >= 0.3 is 12.1 Å². The fourth-order valence-electron chi connectivity index (χ4n) is 6.41. The Morgan fingerprint density at radius 1 is 1.00 bits per heavy atom. The van der Waals surface area contributed by atoms with Crippen LogP contribution in [0, 0.1) is 17.8 Å². The van der Waals surface area contributed by atoms with Gasteiger partial charge in [-0.2, -0.15) is 13.2 Å². The zero-order valence-electron chi connectivity index (χ0n) is 19.0. The fourth-order valence-corrected chi connectivity index (χ4v) is 6.66. The largest absolute Gasteiger partial charge is 0.468 e. The van der Waals surface area contributed by atoms with E-state index in [1.807, 2.05) is 0 Å². The first-order chi connectivity index (χ1) is 15.2. The van der Waals surface area contributed by atoms with E-state index in [-0.39, 0.29) is 36.8 Å². The number of rotatable bonds is 5. The molecule has 0 aromatic carbocycles. The summed E-state index contributed by atoms with van der Waals surface area (Å²) >= 11 is 6.28. The van der Waals surface area contributed by atoms with Gasteiger partial charge < -0.3 is 4.74 Å². The van der Waals surface area contributed by atoms with Crippen LogP contribution in [0.5, 0.6) is 0 Å². The van der Waals surface area contributed by atoms with Crippen LogP contribution in [0.1, 0.15) is 57.8 Å². The first kappa shape index (κ1) is 24.6. The number of piperidine rings is 1. The summed E-state index contributed by atoms with van der Waals surface area (Å²) in [6, 6.07) is 0.262. The summed E-state index contributed by atoms with van der Waals surface area (Å²) in [5.41, 5.74) is 0. The van der Waals surface area contributed by atoms with Gasteiger partial charge in [0.05, 0.1) is 13.0 Å². The molecule has 4 rings (SSSR count). The monoisotopic (exact) mass is 479 g/mol. The number of carbonyl (C=O) groups is 1. The number of fused-ring (bicyclic) bond motifs is 1. The maximum absolute atomic E-state index is 13.1. The number of hydrogen-bond donors (Lipinski definition) is 1. The summed E-state index contributed by atoms with van der Waals surface area (Å²) in [6.07, 6.45) is 2.66. The van der Waals surface area contributed by atoms with Gasteiger partial charge in [-0.1, -0.05) is 0 Å². The lowest BCUT2D eigenvalue weighted by Gasteiger charge is -2.44. The number of esters is 1. The molecule has 0 radical (unpaired) electrons. The first-order valence-electron chi connectivity index (χ1n) is 12.2. The molecule has 1 N–H and O–H groups in total. The Morgan fingerprint density at radius 3 is 2.19 bits per heavy atom. The van der Waals surface area contributed by atoms with Crippen molar-refractivity contribution in [3.63, 3.8) is 0 Å². The van der Waals surface area contributed by atoms with Gasteiger partial charge in [0.25, 0.3) is 0 Å². The second-order valence-corrected chi connectivity index (χ2v) is 11.0. The molecule has 2 aliphatic heterocycles. The molecule has 0 aromatic rings. The van der Waals surface area contributed by atoms with Gasteiger partial charge in [0, 0.05) is 43.8 Å². The zero-order chi connectivity index (χ0) is 22.9. The molecule has 0 bridgehead atoms. The molecule has 184 valence electrons. The van der Waals surface area contributed by atoms with Gasteiger partial charge in [0.2, 0.25) is 0 Å². The highest BCUT2D eigenvalue weighted by molar-refractivity contribution is 6.20. The summed E-state index contributed by atoms with van der Waals surface area (Å²) in [5, 5.41) is 3.92. The Labute approximate surface area is 194 Å². The lowest BCUT2D eigenvalue weighted by Crippen LogP contribution is -2.59. The van der Waals surface area contributed by atoms with Crippen LogP contribution in [0.25, 0.3) is 0 Å². The van der Waals surface area contributed by atoms with Crippen molar-refractivity contribution in [3.05, 3.63) is 0 Å². The molecule has 0 aromatic heterocycles. The van der Waals surface area contributed by atoms with E-state index in [1.165, 1.54) is 20.0 Å². The number of nitrogens with one attached hydrogen (secondary N) is 1. The van der Waals surface area contributed by atoms with Crippen LogP contribution in [-0.4, -0.2) is 78.9 Å². The number of hydrogen-bond acceptors (Lipinski definition) is 5. The van der Waals surface area contributed by atoms with Gasteiger partial charge in [0.1, 0.15) is 6.04 Å². The van der Waals surface area contributed by atoms with E-state index in [2.05, 4.69) is 15.1 Å². The third kappa shape index (κ3) is 5.73. The van der Waals surface area contributed by atoms with E-state index in [0.717, 1.165) is 32.6 Å². The SMILES string of the molecule is COC(=O)[C@H]1CC2NCN(CC3CCC(Cl)CC3)C2CN1CC1CCC(C(F)(F)F)CC1. The van der Waals surface area contributed by atoms with Crippen LogP contribution in [-0.2, 0) is 9.53 Å². The molecule has 2 heterocycles. The molecule has 2 saturated heterocycles. The van der Waals surface area contributed by atoms with E-state index >= 15 is 0 Å². The molecule has 9 heteroatoms. The number of likely N-dealkylation sites (tertiary alicyclic amines) is 1. The van der Waals surface area contributed by atoms with Crippen molar-refractivity contribution in [2.75, 3.05) is 33.4 Å². The molecule has 32 heavy (non-hydrogen) atoms. The summed E-state index contributed by atoms with van der Waals surface area (Å²) in [6.45, 7) is 3.32. The van der Waals surface area contributed by atoms with Crippen LogP contribution >= 0.6 is 11.6 Å². The van der Waals surface area contributed by atoms with Gasteiger partial charge in [0.15, 0.2) is 0 Å². The predicted octanol–water partition coefficient (Wildman–Crippen LogP) is 4.00. The molecular weight excluding hydrogens is 443 g/mol. The van der Waals surface area contributed by atoms with Gasteiger partial charge in [-0.25, -0.2) is 0 Å². The molecule has 0 spiro atoms. The molecule has 2 aliphatic carbocycles.